The predicted molar refractivity (Wildman–Crippen MR) is 130 cm³/mol. The highest BCUT2D eigenvalue weighted by Crippen LogP contribution is 2.51. The molecule has 10 nitrogen and oxygen atoms in total. The summed E-state index contributed by atoms with van der Waals surface area (Å²) < 4.78 is 41.9. The summed E-state index contributed by atoms with van der Waals surface area (Å²) in [6.45, 7) is 3.79. The number of rotatable bonds is 10. The Morgan fingerprint density at radius 1 is 1.16 bits per heavy atom. The topological polar surface area (TPSA) is 123 Å². The highest BCUT2D eigenvalue weighted by Gasteiger charge is 2.49. The molecule has 3 aliphatic rings. The first kappa shape index (κ1) is 26.2. The Morgan fingerprint density at radius 3 is 2.42 bits per heavy atom. The Morgan fingerprint density at radius 2 is 1.84 bits per heavy atom. The van der Waals surface area contributed by atoms with E-state index >= 15 is 0 Å². The minimum atomic E-state index is -4.50. The van der Waals surface area contributed by atoms with Crippen LogP contribution in [-0.2, 0) is 16.1 Å². The lowest BCUT2D eigenvalue weighted by Gasteiger charge is -2.27. The van der Waals surface area contributed by atoms with Crippen LogP contribution in [0.15, 0.2) is 24.7 Å². The van der Waals surface area contributed by atoms with E-state index in [1.165, 1.54) is 17.1 Å². The average molecular weight is 536 g/mol. The molecule has 5 rings (SSSR count). The summed E-state index contributed by atoms with van der Waals surface area (Å²) in [6, 6.07) is -1.03. The molecule has 2 aromatic rings. The molecule has 1 aliphatic heterocycles. The van der Waals surface area contributed by atoms with E-state index in [1.807, 2.05) is 19.2 Å². The van der Waals surface area contributed by atoms with Gasteiger partial charge in [-0.1, -0.05) is 0 Å². The standard InChI is InChI=1S/C25H32F3N7O3/c1-13(2)35-18(7-8-29-35)23(37)33-21(20(14-3-4-14)15-5-6-15)24(38)31-17-10-30-34(12-17)11-16-9-19(25(26,27)28)32-22(16)36/h7-8,10,12-16,19-21H,3-6,9,11H2,1-2H3,(H,31,38)(H,32,36)(H,33,37)/t16-,19?,21-/m0/s1. The van der Waals surface area contributed by atoms with Crippen molar-refractivity contribution in [1.82, 2.24) is 30.2 Å². The monoisotopic (exact) mass is 535 g/mol. The second-order valence-electron chi connectivity index (χ2n) is 10.9. The van der Waals surface area contributed by atoms with E-state index in [4.69, 9.17) is 0 Å². The molecule has 0 spiro atoms. The molecular weight excluding hydrogens is 503 g/mol. The number of aromatic nitrogens is 4. The maximum Gasteiger partial charge on any atom is 0.408 e. The van der Waals surface area contributed by atoms with Crippen LogP contribution in [0.1, 0.15) is 62.5 Å². The van der Waals surface area contributed by atoms with Crippen molar-refractivity contribution in [3.05, 3.63) is 30.4 Å². The van der Waals surface area contributed by atoms with Gasteiger partial charge < -0.3 is 16.0 Å². The van der Waals surface area contributed by atoms with Crippen molar-refractivity contribution in [3.8, 4) is 0 Å². The number of nitrogens with zero attached hydrogens (tertiary/aromatic N) is 4. The minimum absolute atomic E-state index is 0.0194. The van der Waals surface area contributed by atoms with E-state index in [2.05, 4.69) is 20.8 Å². The molecule has 3 N–H and O–H groups in total. The van der Waals surface area contributed by atoms with Crippen molar-refractivity contribution in [3.63, 3.8) is 0 Å². The summed E-state index contributed by atoms with van der Waals surface area (Å²) in [5, 5.41) is 16.1. The SMILES string of the molecule is CC(C)n1nccc1C(=O)N[C@H](C(=O)Nc1cnn(C[C@@H]2CC(C(F)(F)F)NC2=O)c1)C(C1CC1)C1CC1. The third-order valence-corrected chi connectivity index (χ3v) is 7.59. The van der Waals surface area contributed by atoms with Crippen molar-refractivity contribution in [2.75, 3.05) is 5.32 Å². The molecule has 0 aromatic carbocycles. The molecule has 206 valence electrons. The summed E-state index contributed by atoms with van der Waals surface area (Å²) in [5.74, 6) is -1.52. The van der Waals surface area contributed by atoms with Crippen LogP contribution in [0.4, 0.5) is 18.9 Å². The highest BCUT2D eigenvalue weighted by molar-refractivity contribution is 6.00. The van der Waals surface area contributed by atoms with Gasteiger partial charge in [0.2, 0.25) is 11.8 Å². The molecular formula is C25H32F3N7O3. The first-order valence-corrected chi connectivity index (χ1v) is 13.1. The number of anilines is 1. The second-order valence-corrected chi connectivity index (χ2v) is 10.9. The van der Waals surface area contributed by atoms with Crippen LogP contribution in [0.3, 0.4) is 0 Å². The number of halogens is 3. The molecule has 13 heteroatoms. The molecule has 2 aromatic heterocycles. The third kappa shape index (κ3) is 5.70. The zero-order valence-corrected chi connectivity index (χ0v) is 21.2. The lowest BCUT2D eigenvalue weighted by molar-refractivity contribution is -0.155. The van der Waals surface area contributed by atoms with Crippen LogP contribution in [0, 0.1) is 23.7 Å². The van der Waals surface area contributed by atoms with E-state index in [0.29, 0.717) is 23.2 Å². The quantitative estimate of drug-likeness (QED) is 0.432. The molecule has 3 heterocycles. The molecule has 0 bridgehead atoms. The normalized spacial score (nSPS) is 22.6. The van der Waals surface area contributed by atoms with Crippen LogP contribution in [0.5, 0.6) is 0 Å². The average Bonchev–Trinajstić information content (AvgIpc) is 3.73. The fourth-order valence-corrected chi connectivity index (χ4v) is 5.44. The smallest absolute Gasteiger partial charge is 0.344 e. The maximum atomic E-state index is 13.5. The van der Waals surface area contributed by atoms with Gasteiger partial charge in [0, 0.05) is 18.4 Å². The molecule has 2 saturated carbocycles. The third-order valence-electron chi connectivity index (χ3n) is 7.59. The maximum absolute atomic E-state index is 13.5. The van der Waals surface area contributed by atoms with Crippen molar-refractivity contribution in [2.45, 2.75) is 76.8 Å². The van der Waals surface area contributed by atoms with Gasteiger partial charge in [0.25, 0.3) is 5.91 Å². The Kier molecular flexibility index (Phi) is 6.95. The number of nitrogens with one attached hydrogen (secondary N) is 3. The zero-order chi connectivity index (χ0) is 27.2. The first-order chi connectivity index (χ1) is 18.0. The van der Waals surface area contributed by atoms with Crippen molar-refractivity contribution < 1.29 is 27.6 Å². The van der Waals surface area contributed by atoms with Gasteiger partial charge in [0.1, 0.15) is 17.8 Å². The summed E-state index contributed by atoms with van der Waals surface area (Å²) in [6.07, 6.45) is 3.64. The number of alkyl halides is 3. The minimum Gasteiger partial charge on any atom is -0.344 e. The number of carbonyl (C=O) groups excluding carboxylic acids is 3. The lowest BCUT2D eigenvalue weighted by atomic mass is 9.88. The lowest BCUT2D eigenvalue weighted by Crippen LogP contribution is -2.50. The van der Waals surface area contributed by atoms with E-state index < -0.39 is 30.1 Å². The van der Waals surface area contributed by atoms with Crippen molar-refractivity contribution >= 4 is 23.4 Å². The molecule has 3 amide bonds. The van der Waals surface area contributed by atoms with E-state index in [9.17, 15) is 27.6 Å². The number of carbonyl (C=O) groups is 3. The van der Waals surface area contributed by atoms with E-state index in [0.717, 1.165) is 25.7 Å². The number of hydrogen-bond acceptors (Lipinski definition) is 5. The summed E-state index contributed by atoms with van der Waals surface area (Å²) in [5.41, 5.74) is 0.723. The van der Waals surface area contributed by atoms with Gasteiger partial charge in [0.05, 0.1) is 24.3 Å². The van der Waals surface area contributed by atoms with Crippen molar-refractivity contribution in [1.29, 1.82) is 0 Å². The van der Waals surface area contributed by atoms with Crippen LogP contribution in [0.2, 0.25) is 0 Å². The molecule has 1 saturated heterocycles. The van der Waals surface area contributed by atoms with Gasteiger partial charge >= 0.3 is 6.18 Å². The summed E-state index contributed by atoms with van der Waals surface area (Å²) >= 11 is 0. The van der Waals surface area contributed by atoms with Gasteiger partial charge in [-0.15, -0.1) is 0 Å². The Labute approximate surface area is 217 Å². The van der Waals surface area contributed by atoms with Gasteiger partial charge in [0.15, 0.2) is 0 Å². The predicted octanol–water partition coefficient (Wildman–Crippen LogP) is 2.90. The summed E-state index contributed by atoms with van der Waals surface area (Å²) in [7, 11) is 0. The summed E-state index contributed by atoms with van der Waals surface area (Å²) in [4.78, 5) is 38.8. The molecule has 1 unspecified atom stereocenters. The molecule has 2 aliphatic carbocycles. The van der Waals surface area contributed by atoms with Crippen molar-refractivity contribution in [2.24, 2.45) is 23.7 Å². The fourth-order valence-electron chi connectivity index (χ4n) is 5.44. The second kappa shape index (κ2) is 10.1. The van der Waals surface area contributed by atoms with Gasteiger partial charge in [-0.3, -0.25) is 23.7 Å². The number of hydrogen-bond donors (Lipinski definition) is 3. The van der Waals surface area contributed by atoms with E-state index in [-0.39, 0.29) is 36.7 Å². The van der Waals surface area contributed by atoms with E-state index in [1.54, 1.807) is 16.9 Å². The Balaban J connectivity index is 1.28. The Bertz CT molecular complexity index is 1190. The Hall–Kier alpha value is -3.38. The van der Waals surface area contributed by atoms with Gasteiger partial charge in [-0.2, -0.15) is 23.4 Å². The van der Waals surface area contributed by atoms with Crippen LogP contribution in [0.25, 0.3) is 0 Å². The fraction of sp³-hybridized carbons (Fsp3) is 0.640. The molecule has 3 fully saturated rings. The van der Waals surface area contributed by atoms with Gasteiger partial charge in [-0.25, -0.2) is 0 Å². The number of amides is 3. The molecule has 38 heavy (non-hydrogen) atoms. The van der Waals surface area contributed by atoms with Gasteiger partial charge in [-0.05, 0) is 69.8 Å². The first-order valence-electron chi connectivity index (χ1n) is 13.1. The zero-order valence-electron chi connectivity index (χ0n) is 21.2. The van der Waals surface area contributed by atoms with Crippen LogP contribution < -0.4 is 16.0 Å². The largest absolute Gasteiger partial charge is 0.408 e. The van der Waals surface area contributed by atoms with Crippen LogP contribution in [-0.4, -0.2) is 55.5 Å². The van der Waals surface area contributed by atoms with Crippen LogP contribution >= 0.6 is 0 Å². The molecule has 3 atom stereocenters. The molecule has 0 radical (unpaired) electrons. The highest BCUT2D eigenvalue weighted by atomic mass is 19.4.